The average Bonchev–Trinajstić information content (AvgIpc) is 3.14. The molecule has 0 radical (unpaired) electrons. The van der Waals surface area contributed by atoms with Gasteiger partial charge in [0.05, 0.1) is 36.3 Å². The van der Waals surface area contributed by atoms with Gasteiger partial charge in [0.2, 0.25) is 0 Å². The van der Waals surface area contributed by atoms with Crippen LogP contribution in [0.2, 0.25) is 5.02 Å². The van der Waals surface area contributed by atoms with Gasteiger partial charge in [0, 0.05) is 48.9 Å². The van der Waals surface area contributed by atoms with Crippen molar-refractivity contribution in [1.29, 1.82) is 0 Å². The topological polar surface area (TPSA) is 109 Å². The largest absolute Gasteiger partial charge is 0.390 e. The van der Waals surface area contributed by atoms with E-state index < -0.39 is 15.1 Å². The summed E-state index contributed by atoms with van der Waals surface area (Å²) in [5.74, 6) is 1.26. The first-order chi connectivity index (χ1) is 16.7. The van der Waals surface area contributed by atoms with Crippen molar-refractivity contribution in [3.63, 3.8) is 0 Å². The van der Waals surface area contributed by atoms with Crippen LogP contribution in [0.15, 0.2) is 40.5 Å². The fourth-order valence-corrected chi connectivity index (χ4v) is 6.85. The molecule has 0 amide bonds. The highest BCUT2D eigenvalue weighted by atomic mass is 35.5. The average molecular weight is 538 g/mol. The minimum atomic E-state index is -3.08. The summed E-state index contributed by atoms with van der Waals surface area (Å²) in [6.07, 6.45) is 6.48. The zero-order chi connectivity index (χ0) is 24.8. The predicted molar refractivity (Wildman–Crippen MR) is 136 cm³/mol. The van der Waals surface area contributed by atoms with Crippen LogP contribution in [0.1, 0.15) is 18.5 Å². The summed E-state index contributed by atoms with van der Waals surface area (Å²) < 4.78 is 29.1. The normalized spacial score (nSPS) is 20.5. The molecule has 0 aliphatic carbocycles. The van der Waals surface area contributed by atoms with Gasteiger partial charge < -0.3 is 19.6 Å². The second-order valence-corrected chi connectivity index (χ2v) is 13.2. The highest BCUT2D eigenvalue weighted by Gasteiger charge is 2.41. The Morgan fingerprint density at radius 2 is 2.00 bits per heavy atom. The third-order valence-electron chi connectivity index (χ3n) is 7.18. The maximum Gasteiger partial charge on any atom is 0.153 e. The first-order valence-electron chi connectivity index (χ1n) is 11.4. The lowest BCUT2D eigenvalue weighted by Gasteiger charge is -2.40. The maximum atomic E-state index is 11.7. The summed E-state index contributed by atoms with van der Waals surface area (Å²) in [6.45, 7) is 7.72. The zero-order valence-corrected chi connectivity index (χ0v) is 21.9. The van der Waals surface area contributed by atoms with Crippen LogP contribution in [-0.2, 0) is 21.2 Å². The number of sulfone groups is 1. The molecular weight excluding hydrogens is 510 g/mol. The van der Waals surface area contributed by atoms with Crippen LogP contribution in [0.5, 0.6) is 0 Å². The fraction of sp³-hybridized carbons (Fsp3) is 0.522. The van der Waals surface area contributed by atoms with Crippen LogP contribution in [0.4, 0.5) is 11.6 Å². The molecule has 0 bridgehead atoms. The highest BCUT2D eigenvalue weighted by Crippen LogP contribution is 2.43. The van der Waals surface area contributed by atoms with Crippen molar-refractivity contribution < 1.29 is 18.3 Å². The zero-order valence-electron chi connectivity index (χ0n) is 19.5. The number of nitrogens with zero attached hydrogens (tertiary/aromatic N) is 5. The van der Waals surface area contributed by atoms with E-state index >= 15 is 0 Å². The number of anilines is 2. The molecule has 5 heterocycles. The van der Waals surface area contributed by atoms with Crippen LogP contribution in [0, 0.1) is 5.41 Å². The van der Waals surface area contributed by atoms with E-state index in [1.165, 1.54) is 23.6 Å². The van der Waals surface area contributed by atoms with Crippen molar-refractivity contribution in [1.82, 2.24) is 15.0 Å². The van der Waals surface area contributed by atoms with Crippen LogP contribution < -0.4 is 9.80 Å². The molecule has 2 aromatic rings. The van der Waals surface area contributed by atoms with E-state index in [4.69, 9.17) is 16.3 Å². The van der Waals surface area contributed by atoms with E-state index in [1.807, 2.05) is 4.90 Å². The van der Waals surface area contributed by atoms with Gasteiger partial charge in [-0.15, -0.1) is 0 Å². The minimum absolute atomic E-state index is 0.0622. The van der Waals surface area contributed by atoms with E-state index in [0.29, 0.717) is 47.1 Å². The molecule has 3 saturated heterocycles. The number of ether oxygens (including phenoxy) is 1. The molecule has 5 rings (SSSR count). The maximum absolute atomic E-state index is 11.7. The van der Waals surface area contributed by atoms with E-state index in [1.54, 1.807) is 18.5 Å². The number of piperidine rings is 1. The molecule has 1 spiro atoms. The monoisotopic (exact) mass is 537 g/mol. The number of aliphatic hydroxyl groups excluding tert-OH is 1. The first kappa shape index (κ1) is 24.8. The van der Waals surface area contributed by atoms with Gasteiger partial charge in [-0.2, -0.15) is 0 Å². The summed E-state index contributed by atoms with van der Waals surface area (Å²) in [5.41, 5.74) is 1.76. The quantitative estimate of drug-likeness (QED) is 0.552. The summed E-state index contributed by atoms with van der Waals surface area (Å²) >= 11 is 7.97. The summed E-state index contributed by atoms with van der Waals surface area (Å²) in [4.78, 5) is 18.4. The van der Waals surface area contributed by atoms with Crippen molar-refractivity contribution >= 4 is 44.8 Å². The molecule has 35 heavy (non-hydrogen) atoms. The van der Waals surface area contributed by atoms with Crippen LogP contribution in [-0.4, -0.2) is 79.4 Å². The van der Waals surface area contributed by atoms with Crippen molar-refractivity contribution in [2.24, 2.45) is 5.41 Å². The second-order valence-electron chi connectivity index (χ2n) is 9.41. The molecule has 3 aliphatic heterocycles. The molecule has 0 aromatic carbocycles. The molecular formula is C23H28ClN5O4S2. The number of aromatic nitrogens is 3. The third kappa shape index (κ3) is 4.76. The van der Waals surface area contributed by atoms with Gasteiger partial charge in [-0.3, -0.25) is 0 Å². The minimum Gasteiger partial charge on any atom is -0.390 e. The Labute approximate surface area is 214 Å². The second kappa shape index (κ2) is 9.51. The molecule has 0 atom stereocenters. The lowest BCUT2D eigenvalue weighted by atomic mass is 9.75. The number of aliphatic hydroxyl groups is 1. The Bertz CT molecular complexity index is 1240. The van der Waals surface area contributed by atoms with Gasteiger partial charge in [0.15, 0.2) is 15.7 Å². The SMILES string of the molecule is C=C1COCC12CCN(c1ncc(Sc3ccnc(N4CC(S(C)(=O)=O)C4)c3Cl)nc1CO)CC2. The number of pyridine rings is 1. The molecule has 1 N–H and O–H groups in total. The van der Waals surface area contributed by atoms with E-state index in [2.05, 4.69) is 26.4 Å². The van der Waals surface area contributed by atoms with Gasteiger partial charge >= 0.3 is 0 Å². The van der Waals surface area contributed by atoms with E-state index in [0.717, 1.165) is 37.4 Å². The lowest BCUT2D eigenvalue weighted by molar-refractivity contribution is 0.136. The highest BCUT2D eigenvalue weighted by molar-refractivity contribution is 7.99. The Balaban J connectivity index is 1.29. The number of rotatable bonds is 6. The van der Waals surface area contributed by atoms with E-state index in [-0.39, 0.29) is 12.0 Å². The Morgan fingerprint density at radius 1 is 1.26 bits per heavy atom. The molecule has 0 unspecified atom stereocenters. The molecule has 2 aromatic heterocycles. The Hall–Kier alpha value is -1.92. The molecule has 9 nitrogen and oxygen atoms in total. The first-order valence-corrected chi connectivity index (χ1v) is 14.6. The summed E-state index contributed by atoms with van der Waals surface area (Å²) in [6, 6.07) is 1.79. The van der Waals surface area contributed by atoms with E-state index in [9.17, 15) is 13.5 Å². The van der Waals surface area contributed by atoms with Crippen LogP contribution >= 0.6 is 23.4 Å². The van der Waals surface area contributed by atoms with Crippen molar-refractivity contribution in [3.8, 4) is 0 Å². The predicted octanol–water partition coefficient (Wildman–Crippen LogP) is 2.57. The van der Waals surface area contributed by atoms with Gasteiger partial charge in [-0.25, -0.2) is 23.4 Å². The van der Waals surface area contributed by atoms with Crippen LogP contribution in [0.3, 0.4) is 0 Å². The number of hydrogen-bond acceptors (Lipinski definition) is 10. The third-order valence-corrected chi connectivity index (χ3v) is 10.1. The Kier molecular flexibility index (Phi) is 6.73. The van der Waals surface area contributed by atoms with Gasteiger partial charge in [0.1, 0.15) is 16.5 Å². The van der Waals surface area contributed by atoms with Gasteiger partial charge in [-0.1, -0.05) is 29.9 Å². The molecule has 188 valence electrons. The molecule has 12 heteroatoms. The van der Waals surface area contributed by atoms with Crippen molar-refractivity contribution in [2.75, 3.05) is 55.4 Å². The summed E-state index contributed by atoms with van der Waals surface area (Å²) in [7, 11) is -3.08. The number of hydrogen-bond donors (Lipinski definition) is 1. The lowest BCUT2D eigenvalue weighted by Crippen LogP contribution is -2.55. The van der Waals surface area contributed by atoms with Crippen molar-refractivity contribution in [2.45, 2.75) is 34.6 Å². The molecule has 3 aliphatic rings. The van der Waals surface area contributed by atoms with Crippen LogP contribution in [0.25, 0.3) is 0 Å². The molecule has 3 fully saturated rings. The Morgan fingerprint density at radius 3 is 2.63 bits per heavy atom. The van der Waals surface area contributed by atoms with Gasteiger partial charge in [0.25, 0.3) is 0 Å². The smallest absolute Gasteiger partial charge is 0.153 e. The summed E-state index contributed by atoms with van der Waals surface area (Å²) in [5, 5.41) is 10.7. The fourth-order valence-electron chi connectivity index (χ4n) is 4.80. The molecule has 0 saturated carbocycles. The standard InChI is InChI=1S/C23H28ClN5O4S2/c1-15-13-33-14-23(15)4-7-28(8-5-23)21-17(12-30)27-19(9-26-21)34-18-3-6-25-22(20(18)24)29-10-16(11-29)35(2,31)32/h3,6,9,16,30H,1,4-5,7-8,10-14H2,2H3. The van der Waals surface area contributed by atoms with Crippen molar-refractivity contribution in [3.05, 3.63) is 41.3 Å². The number of halogens is 1. The van der Waals surface area contributed by atoms with Gasteiger partial charge in [-0.05, 0) is 24.5 Å².